The molecule has 0 heterocycles. The van der Waals surface area contributed by atoms with Crippen LogP contribution in [0.25, 0.3) is 0 Å². The average molecular weight is 416 g/mol. The first-order valence-electron chi connectivity index (χ1n) is 10.5. The Morgan fingerprint density at radius 1 is 1.00 bits per heavy atom. The smallest absolute Gasteiger partial charge is 0.310 e. The fraction of sp³-hybridized carbons (Fsp3) is 0.458. The van der Waals surface area contributed by atoms with Crippen LogP contribution < -0.4 is 15.7 Å². The lowest BCUT2D eigenvalue weighted by Crippen LogP contribution is -2.52. The highest BCUT2D eigenvalue weighted by Crippen LogP contribution is 2.44. The van der Waals surface area contributed by atoms with Crippen molar-refractivity contribution in [2.45, 2.75) is 58.9 Å². The zero-order valence-electron chi connectivity index (χ0n) is 18.1. The first kappa shape index (κ1) is 23.4. The summed E-state index contributed by atoms with van der Waals surface area (Å²) in [4.78, 5) is 12.6. The number of carbonyl (C=O) groups excluding carboxylic acids is 1. The summed E-state index contributed by atoms with van der Waals surface area (Å²) in [5, 5.41) is 4.97. The van der Waals surface area contributed by atoms with Crippen molar-refractivity contribution in [2.24, 2.45) is 5.92 Å². The SMILES string of the molecule is CCCCC[C@@](C)(NP(=O)(c1ccccc1)c1ccccc1)[C@H](C)C(=O)OCC. The molecule has 0 saturated heterocycles. The van der Waals surface area contributed by atoms with Gasteiger partial charge in [-0.25, -0.2) is 0 Å². The van der Waals surface area contributed by atoms with E-state index in [9.17, 15) is 9.36 Å². The molecule has 0 aliphatic rings. The van der Waals surface area contributed by atoms with Crippen LogP contribution in [0, 0.1) is 5.92 Å². The van der Waals surface area contributed by atoms with Crippen molar-refractivity contribution in [1.82, 2.24) is 5.09 Å². The van der Waals surface area contributed by atoms with E-state index in [1.54, 1.807) is 0 Å². The molecule has 2 aromatic rings. The molecule has 1 N–H and O–H groups in total. The summed E-state index contributed by atoms with van der Waals surface area (Å²) in [6.45, 7) is 8.17. The van der Waals surface area contributed by atoms with Crippen LogP contribution in [-0.4, -0.2) is 18.1 Å². The van der Waals surface area contributed by atoms with Crippen molar-refractivity contribution in [3.8, 4) is 0 Å². The van der Waals surface area contributed by atoms with Gasteiger partial charge in [-0.2, -0.15) is 0 Å². The van der Waals surface area contributed by atoms with Crippen molar-refractivity contribution >= 4 is 23.9 Å². The molecule has 2 atom stereocenters. The fourth-order valence-electron chi connectivity index (χ4n) is 3.55. The van der Waals surface area contributed by atoms with Crippen LogP contribution in [0.2, 0.25) is 0 Å². The molecule has 0 radical (unpaired) electrons. The fourth-order valence-corrected chi connectivity index (χ4v) is 6.32. The number of unbranched alkanes of at least 4 members (excludes halogenated alkanes) is 2. The molecule has 2 aromatic carbocycles. The number of hydrogen-bond donors (Lipinski definition) is 1. The third-order valence-electron chi connectivity index (χ3n) is 5.55. The van der Waals surface area contributed by atoms with E-state index < -0.39 is 18.7 Å². The van der Waals surface area contributed by atoms with Crippen LogP contribution in [0.5, 0.6) is 0 Å². The second kappa shape index (κ2) is 10.8. The number of esters is 1. The summed E-state index contributed by atoms with van der Waals surface area (Å²) < 4.78 is 19.8. The van der Waals surface area contributed by atoms with Crippen LogP contribution in [0.4, 0.5) is 0 Å². The number of ether oxygens (including phenoxy) is 1. The van der Waals surface area contributed by atoms with Gasteiger partial charge in [0.1, 0.15) is 0 Å². The topological polar surface area (TPSA) is 55.4 Å². The van der Waals surface area contributed by atoms with E-state index in [4.69, 9.17) is 4.74 Å². The van der Waals surface area contributed by atoms with Gasteiger partial charge in [-0.15, -0.1) is 0 Å². The lowest BCUT2D eigenvalue weighted by molar-refractivity contribution is -0.150. The molecular weight excluding hydrogens is 381 g/mol. The van der Waals surface area contributed by atoms with Gasteiger partial charge in [0.15, 0.2) is 0 Å². The van der Waals surface area contributed by atoms with Crippen molar-refractivity contribution in [2.75, 3.05) is 6.61 Å². The molecule has 0 saturated carbocycles. The lowest BCUT2D eigenvalue weighted by atomic mass is 9.83. The van der Waals surface area contributed by atoms with Crippen LogP contribution in [0.15, 0.2) is 60.7 Å². The van der Waals surface area contributed by atoms with E-state index in [0.717, 1.165) is 36.3 Å². The second-order valence-electron chi connectivity index (χ2n) is 7.74. The maximum absolute atomic E-state index is 14.5. The minimum Gasteiger partial charge on any atom is -0.466 e. The van der Waals surface area contributed by atoms with Crippen molar-refractivity contribution < 1.29 is 14.1 Å². The predicted octanol–water partition coefficient (Wildman–Crippen LogP) is 5.04. The maximum Gasteiger partial charge on any atom is 0.310 e. The zero-order valence-corrected chi connectivity index (χ0v) is 19.0. The molecule has 0 aliphatic heterocycles. The van der Waals surface area contributed by atoms with E-state index in [1.165, 1.54) is 0 Å². The van der Waals surface area contributed by atoms with Gasteiger partial charge in [-0.05, 0) is 44.5 Å². The Labute approximate surface area is 175 Å². The number of nitrogens with one attached hydrogen (secondary N) is 1. The minimum atomic E-state index is -3.16. The van der Waals surface area contributed by atoms with E-state index >= 15 is 0 Å². The summed E-state index contributed by atoms with van der Waals surface area (Å²) in [5.74, 6) is -0.688. The molecule has 4 nitrogen and oxygen atoms in total. The Bertz CT molecular complexity index is 766. The second-order valence-corrected chi connectivity index (χ2v) is 10.2. The quantitative estimate of drug-likeness (QED) is 0.317. The van der Waals surface area contributed by atoms with Crippen LogP contribution in [0.3, 0.4) is 0 Å². The van der Waals surface area contributed by atoms with Crippen molar-refractivity contribution in [3.63, 3.8) is 0 Å². The van der Waals surface area contributed by atoms with E-state index in [0.29, 0.717) is 6.61 Å². The van der Waals surface area contributed by atoms with E-state index in [2.05, 4.69) is 12.0 Å². The van der Waals surface area contributed by atoms with Gasteiger partial charge >= 0.3 is 5.97 Å². The highest BCUT2D eigenvalue weighted by molar-refractivity contribution is 7.77. The Morgan fingerprint density at radius 2 is 1.52 bits per heavy atom. The van der Waals surface area contributed by atoms with Gasteiger partial charge in [-0.3, -0.25) is 14.4 Å². The molecule has 0 bridgehead atoms. The highest BCUT2D eigenvalue weighted by Gasteiger charge is 2.42. The molecule has 0 spiro atoms. The largest absolute Gasteiger partial charge is 0.466 e. The molecule has 5 heteroatoms. The Hall–Kier alpha value is -1.90. The van der Waals surface area contributed by atoms with Gasteiger partial charge in [0.2, 0.25) is 7.29 Å². The summed E-state index contributed by atoms with van der Waals surface area (Å²) in [5.41, 5.74) is -0.664. The van der Waals surface area contributed by atoms with E-state index in [-0.39, 0.29) is 5.97 Å². The maximum atomic E-state index is 14.5. The van der Waals surface area contributed by atoms with Gasteiger partial charge in [0.25, 0.3) is 0 Å². The first-order valence-corrected chi connectivity index (χ1v) is 12.3. The molecule has 0 aliphatic carbocycles. The molecule has 0 amide bonds. The molecule has 2 rings (SSSR count). The average Bonchev–Trinajstić information content (AvgIpc) is 2.74. The molecule has 0 unspecified atom stereocenters. The normalized spacial score (nSPS) is 14.8. The molecule has 29 heavy (non-hydrogen) atoms. The zero-order chi connectivity index (χ0) is 21.3. The number of carbonyl (C=O) groups is 1. The third-order valence-corrected chi connectivity index (χ3v) is 8.42. The van der Waals surface area contributed by atoms with Crippen LogP contribution in [0.1, 0.15) is 53.4 Å². The monoisotopic (exact) mass is 415 g/mol. The minimum absolute atomic E-state index is 0.258. The molecule has 0 aromatic heterocycles. The van der Waals surface area contributed by atoms with Gasteiger partial charge < -0.3 is 4.74 Å². The number of rotatable bonds is 11. The van der Waals surface area contributed by atoms with E-state index in [1.807, 2.05) is 81.4 Å². The number of hydrogen-bond acceptors (Lipinski definition) is 3. The summed E-state index contributed by atoms with van der Waals surface area (Å²) in [7, 11) is -3.16. The first-order chi connectivity index (χ1) is 13.9. The predicted molar refractivity (Wildman–Crippen MR) is 121 cm³/mol. The summed E-state index contributed by atoms with van der Waals surface area (Å²) in [6.07, 6.45) is 3.84. The molecule has 0 fully saturated rings. The van der Waals surface area contributed by atoms with Gasteiger partial charge in [-0.1, -0.05) is 69.5 Å². The Balaban J connectivity index is 2.50. The highest BCUT2D eigenvalue weighted by atomic mass is 31.2. The van der Waals surface area contributed by atoms with Crippen molar-refractivity contribution in [1.29, 1.82) is 0 Å². The molecule has 158 valence electrons. The Kier molecular flexibility index (Phi) is 8.67. The molecular formula is C24H34NO3P. The number of benzene rings is 2. The lowest BCUT2D eigenvalue weighted by Gasteiger charge is -2.39. The van der Waals surface area contributed by atoms with Gasteiger partial charge in [0, 0.05) is 16.1 Å². The summed E-state index contributed by atoms with van der Waals surface area (Å²) >= 11 is 0. The Morgan fingerprint density at radius 3 is 1.97 bits per heavy atom. The van der Waals surface area contributed by atoms with Gasteiger partial charge in [0.05, 0.1) is 12.5 Å². The standard InChI is InChI=1S/C24H34NO3P/c1-5-7-14-19-24(4,20(3)23(26)28-6-2)25-29(27,21-15-10-8-11-16-21)22-17-12-9-13-18-22/h8-13,15-18,20H,5-7,14,19H2,1-4H3,(H,25,27)/t20-,24-/m1/s1. The third kappa shape index (κ3) is 5.81. The van der Waals surface area contributed by atoms with Crippen LogP contribution >= 0.6 is 7.29 Å². The van der Waals surface area contributed by atoms with Crippen LogP contribution in [-0.2, 0) is 14.1 Å². The van der Waals surface area contributed by atoms with Crippen molar-refractivity contribution in [3.05, 3.63) is 60.7 Å². The summed E-state index contributed by atoms with van der Waals surface area (Å²) in [6, 6.07) is 19.0.